The zero-order valence-electron chi connectivity index (χ0n) is 13.2. The van der Waals surface area contributed by atoms with Crippen LogP contribution in [0, 0.1) is 0 Å². The third-order valence-electron chi connectivity index (χ3n) is 4.62. The first-order valence-electron chi connectivity index (χ1n) is 8.24. The largest absolute Gasteiger partial charge is 0.338 e. The van der Waals surface area contributed by atoms with Crippen LogP contribution < -0.4 is 0 Å². The molecular weight excluding hydrogens is 280 g/mol. The van der Waals surface area contributed by atoms with Crippen molar-refractivity contribution in [2.24, 2.45) is 0 Å². The van der Waals surface area contributed by atoms with Gasteiger partial charge in [-0.1, -0.05) is 12.1 Å². The van der Waals surface area contributed by atoms with E-state index in [4.69, 9.17) is 4.52 Å². The molecule has 4 rings (SSSR count). The summed E-state index contributed by atoms with van der Waals surface area (Å²) in [6.45, 7) is 6.96. The first-order valence-corrected chi connectivity index (χ1v) is 8.24. The third-order valence-corrected chi connectivity index (χ3v) is 4.62. The topological polar surface area (TPSA) is 72.9 Å². The van der Waals surface area contributed by atoms with E-state index in [1.54, 1.807) is 0 Å². The van der Waals surface area contributed by atoms with Crippen molar-refractivity contribution in [1.82, 2.24) is 29.8 Å². The fourth-order valence-corrected chi connectivity index (χ4v) is 3.09. The van der Waals surface area contributed by atoms with Gasteiger partial charge in [-0.05, 0) is 26.2 Å². The smallest absolute Gasteiger partial charge is 0.243 e. The molecule has 3 heterocycles. The highest BCUT2D eigenvalue weighted by Crippen LogP contribution is 2.39. The fourth-order valence-electron chi connectivity index (χ4n) is 3.09. The minimum absolute atomic E-state index is 0.118. The van der Waals surface area contributed by atoms with Gasteiger partial charge in [-0.2, -0.15) is 4.98 Å². The lowest BCUT2D eigenvalue weighted by atomic mass is 10.2. The van der Waals surface area contributed by atoms with Gasteiger partial charge in [-0.25, -0.2) is 0 Å². The van der Waals surface area contributed by atoms with E-state index in [-0.39, 0.29) is 6.04 Å². The van der Waals surface area contributed by atoms with E-state index < -0.39 is 0 Å². The van der Waals surface area contributed by atoms with Crippen LogP contribution in [0.4, 0.5) is 0 Å². The van der Waals surface area contributed by atoms with E-state index in [0.717, 1.165) is 44.1 Å². The second kappa shape index (κ2) is 5.46. The SMILES string of the molecule is CCCc1noc([C@@H](C)N2CCn3c(nnc3C3CC3)C2)n1. The van der Waals surface area contributed by atoms with Crippen LogP contribution in [0.2, 0.25) is 0 Å². The van der Waals surface area contributed by atoms with E-state index in [1.165, 1.54) is 18.7 Å². The third kappa shape index (κ3) is 2.43. The van der Waals surface area contributed by atoms with Gasteiger partial charge in [0.1, 0.15) is 11.6 Å². The summed E-state index contributed by atoms with van der Waals surface area (Å²) < 4.78 is 7.73. The van der Waals surface area contributed by atoms with E-state index in [0.29, 0.717) is 11.8 Å². The normalized spacial score (nSPS) is 20.1. The molecule has 0 aromatic carbocycles. The van der Waals surface area contributed by atoms with E-state index >= 15 is 0 Å². The lowest BCUT2D eigenvalue weighted by Gasteiger charge is -2.30. The Hall–Kier alpha value is -1.76. The number of hydrogen-bond acceptors (Lipinski definition) is 6. The predicted octanol–water partition coefficient (Wildman–Crippen LogP) is 2.07. The molecule has 7 heteroatoms. The van der Waals surface area contributed by atoms with Crippen molar-refractivity contribution < 1.29 is 4.52 Å². The van der Waals surface area contributed by atoms with Crippen molar-refractivity contribution in [3.63, 3.8) is 0 Å². The first kappa shape index (κ1) is 13.9. The summed E-state index contributed by atoms with van der Waals surface area (Å²) in [6, 6.07) is 0.118. The molecule has 0 saturated heterocycles. The molecule has 22 heavy (non-hydrogen) atoms. The van der Waals surface area contributed by atoms with Crippen molar-refractivity contribution in [2.45, 2.75) is 64.6 Å². The molecule has 1 aliphatic carbocycles. The van der Waals surface area contributed by atoms with Crippen molar-refractivity contribution in [1.29, 1.82) is 0 Å². The number of aryl methyl sites for hydroxylation is 1. The van der Waals surface area contributed by atoms with Crippen LogP contribution in [0.3, 0.4) is 0 Å². The molecule has 0 bridgehead atoms. The minimum Gasteiger partial charge on any atom is -0.338 e. The van der Waals surface area contributed by atoms with Gasteiger partial charge in [-0.3, -0.25) is 4.90 Å². The average Bonchev–Trinajstić information content (AvgIpc) is 3.12. The van der Waals surface area contributed by atoms with E-state index in [1.807, 2.05) is 0 Å². The highest BCUT2D eigenvalue weighted by Gasteiger charge is 2.33. The number of rotatable bonds is 5. The van der Waals surface area contributed by atoms with Crippen molar-refractivity contribution in [3.05, 3.63) is 23.4 Å². The maximum atomic E-state index is 5.43. The Bertz CT molecular complexity index is 659. The van der Waals surface area contributed by atoms with Crippen LogP contribution in [-0.4, -0.2) is 36.3 Å². The average molecular weight is 302 g/mol. The summed E-state index contributed by atoms with van der Waals surface area (Å²) in [7, 11) is 0. The molecule has 118 valence electrons. The van der Waals surface area contributed by atoms with Gasteiger partial charge in [0.2, 0.25) is 5.89 Å². The Balaban J connectivity index is 1.48. The van der Waals surface area contributed by atoms with Gasteiger partial charge in [0.15, 0.2) is 5.82 Å². The molecule has 0 unspecified atom stereocenters. The standard InChI is InChI=1S/C15H22N6O/c1-3-4-12-16-15(22-19-12)10(2)20-7-8-21-13(9-20)17-18-14(21)11-5-6-11/h10-11H,3-9H2,1-2H3/t10-/m1/s1. The van der Waals surface area contributed by atoms with E-state index in [9.17, 15) is 0 Å². The van der Waals surface area contributed by atoms with Gasteiger partial charge >= 0.3 is 0 Å². The number of aromatic nitrogens is 5. The van der Waals surface area contributed by atoms with Crippen LogP contribution in [0.15, 0.2) is 4.52 Å². The molecule has 0 radical (unpaired) electrons. The summed E-state index contributed by atoms with van der Waals surface area (Å²) in [5, 5.41) is 12.8. The summed E-state index contributed by atoms with van der Waals surface area (Å²) in [5.74, 6) is 4.41. The Morgan fingerprint density at radius 3 is 2.91 bits per heavy atom. The van der Waals surface area contributed by atoms with Gasteiger partial charge < -0.3 is 9.09 Å². The quantitative estimate of drug-likeness (QED) is 0.842. The zero-order chi connectivity index (χ0) is 15.1. The van der Waals surface area contributed by atoms with Crippen LogP contribution in [0.1, 0.15) is 68.4 Å². The molecule has 1 saturated carbocycles. The molecule has 0 N–H and O–H groups in total. The number of nitrogens with zero attached hydrogens (tertiary/aromatic N) is 6. The summed E-state index contributed by atoms with van der Waals surface area (Å²) in [4.78, 5) is 6.85. The lowest BCUT2D eigenvalue weighted by Crippen LogP contribution is -2.36. The summed E-state index contributed by atoms with van der Waals surface area (Å²) in [5.41, 5.74) is 0. The molecule has 0 spiro atoms. The molecular formula is C15H22N6O. The highest BCUT2D eigenvalue weighted by atomic mass is 16.5. The van der Waals surface area contributed by atoms with E-state index in [2.05, 4.69) is 43.7 Å². The maximum Gasteiger partial charge on any atom is 0.243 e. The van der Waals surface area contributed by atoms with Gasteiger partial charge in [0.25, 0.3) is 0 Å². The first-order chi connectivity index (χ1) is 10.8. The fraction of sp³-hybridized carbons (Fsp3) is 0.733. The summed E-state index contributed by atoms with van der Waals surface area (Å²) >= 11 is 0. The lowest BCUT2D eigenvalue weighted by molar-refractivity contribution is 0.135. The Morgan fingerprint density at radius 2 is 2.14 bits per heavy atom. The van der Waals surface area contributed by atoms with Crippen LogP contribution in [0.5, 0.6) is 0 Å². The second-order valence-corrected chi connectivity index (χ2v) is 6.35. The number of fused-ring (bicyclic) bond motifs is 1. The monoisotopic (exact) mass is 302 g/mol. The molecule has 2 aromatic heterocycles. The predicted molar refractivity (Wildman–Crippen MR) is 79.1 cm³/mol. The van der Waals surface area contributed by atoms with Crippen molar-refractivity contribution in [2.75, 3.05) is 6.54 Å². The molecule has 2 aromatic rings. The summed E-state index contributed by atoms with van der Waals surface area (Å²) in [6.07, 6.45) is 4.43. The molecule has 1 atom stereocenters. The van der Waals surface area contributed by atoms with Gasteiger partial charge in [0.05, 0.1) is 12.6 Å². The highest BCUT2D eigenvalue weighted by molar-refractivity contribution is 5.10. The zero-order valence-corrected chi connectivity index (χ0v) is 13.2. The Morgan fingerprint density at radius 1 is 1.27 bits per heavy atom. The Kier molecular flexibility index (Phi) is 3.44. The minimum atomic E-state index is 0.118. The second-order valence-electron chi connectivity index (χ2n) is 6.35. The maximum absolute atomic E-state index is 5.43. The van der Waals surface area contributed by atoms with Crippen LogP contribution in [-0.2, 0) is 19.5 Å². The van der Waals surface area contributed by atoms with Gasteiger partial charge in [-0.15, -0.1) is 10.2 Å². The van der Waals surface area contributed by atoms with Crippen molar-refractivity contribution >= 4 is 0 Å². The molecule has 1 fully saturated rings. The molecule has 1 aliphatic heterocycles. The van der Waals surface area contributed by atoms with Crippen LogP contribution in [0.25, 0.3) is 0 Å². The molecule has 0 amide bonds. The molecule has 2 aliphatic rings. The van der Waals surface area contributed by atoms with Crippen LogP contribution >= 0.6 is 0 Å². The number of hydrogen-bond donors (Lipinski definition) is 0. The van der Waals surface area contributed by atoms with Crippen molar-refractivity contribution in [3.8, 4) is 0 Å². The van der Waals surface area contributed by atoms with Gasteiger partial charge in [0, 0.05) is 25.4 Å². The molecule has 7 nitrogen and oxygen atoms in total. The Labute approximate surface area is 129 Å².